The van der Waals surface area contributed by atoms with E-state index in [2.05, 4.69) is 10.6 Å². The van der Waals surface area contributed by atoms with Crippen LogP contribution >= 0.6 is 0 Å². The van der Waals surface area contributed by atoms with Crippen molar-refractivity contribution in [1.29, 1.82) is 0 Å². The van der Waals surface area contributed by atoms with Crippen molar-refractivity contribution < 1.29 is 32.5 Å². The van der Waals surface area contributed by atoms with Gasteiger partial charge in [0.15, 0.2) is 6.54 Å². The van der Waals surface area contributed by atoms with Crippen LogP contribution in [-0.4, -0.2) is 24.9 Å². The molecule has 0 unspecified atom stereocenters. The molecule has 0 saturated heterocycles. The van der Waals surface area contributed by atoms with Gasteiger partial charge < -0.3 is 16.0 Å². The summed E-state index contributed by atoms with van der Waals surface area (Å²) in [7, 11) is 0. The van der Waals surface area contributed by atoms with Gasteiger partial charge in [-0.1, -0.05) is 12.1 Å². The van der Waals surface area contributed by atoms with Gasteiger partial charge in [-0.25, -0.2) is 4.39 Å². The first-order valence-electron chi connectivity index (χ1n) is 8.48. The van der Waals surface area contributed by atoms with Crippen molar-refractivity contribution in [3.05, 3.63) is 65.5 Å². The minimum Gasteiger partial charge on any atom is -0.342 e. The lowest BCUT2D eigenvalue weighted by Crippen LogP contribution is -2.87. The van der Waals surface area contributed by atoms with Gasteiger partial charge in [0, 0.05) is 11.3 Å². The van der Waals surface area contributed by atoms with Gasteiger partial charge in [-0.3, -0.25) is 9.59 Å². The average Bonchev–Trinajstić information content (AvgIpc) is 2.65. The van der Waals surface area contributed by atoms with E-state index in [1.54, 1.807) is 18.3 Å². The molecule has 0 fully saturated rings. The summed E-state index contributed by atoms with van der Waals surface area (Å²) in [4.78, 5) is 23.6. The van der Waals surface area contributed by atoms with Crippen LogP contribution in [0.3, 0.4) is 0 Å². The van der Waals surface area contributed by atoms with E-state index in [0.29, 0.717) is 11.3 Å². The number of alkyl halides is 3. The van der Waals surface area contributed by atoms with Crippen molar-refractivity contribution in [3.8, 4) is 0 Å². The lowest BCUT2D eigenvalue weighted by molar-refractivity contribution is -0.682. The lowest BCUT2D eigenvalue weighted by atomic mass is 10.0. The van der Waals surface area contributed by atoms with E-state index < -0.39 is 29.4 Å². The van der Waals surface area contributed by atoms with Gasteiger partial charge in [0.25, 0.3) is 5.91 Å². The Bertz CT molecular complexity index is 823. The smallest absolute Gasteiger partial charge is 0.342 e. The van der Waals surface area contributed by atoms with E-state index in [4.69, 9.17) is 0 Å². The molecule has 0 spiro atoms. The van der Waals surface area contributed by atoms with Crippen LogP contribution in [0.2, 0.25) is 0 Å². The molecular weight excluding hydrogens is 378 g/mol. The third-order valence-corrected chi connectivity index (χ3v) is 3.97. The van der Waals surface area contributed by atoms with E-state index in [-0.39, 0.29) is 19.1 Å². The maximum absolute atomic E-state index is 12.8. The normalized spacial score (nSPS) is 12.3. The SMILES string of the molecule is C[C@H]([NH2+]CC(=O)NCC(=O)Nc1ccc(F)cc1)c1cccc(C(F)(F)F)c1. The van der Waals surface area contributed by atoms with Crippen LogP contribution in [0.5, 0.6) is 0 Å². The molecule has 4 N–H and O–H groups in total. The molecule has 2 aromatic carbocycles. The first kappa shape index (κ1) is 21.4. The molecule has 0 aliphatic rings. The van der Waals surface area contributed by atoms with Gasteiger partial charge >= 0.3 is 6.18 Å². The van der Waals surface area contributed by atoms with E-state index >= 15 is 0 Å². The fourth-order valence-electron chi connectivity index (χ4n) is 2.41. The molecule has 2 aromatic rings. The topological polar surface area (TPSA) is 74.8 Å². The van der Waals surface area contributed by atoms with E-state index in [1.165, 1.54) is 30.3 Å². The van der Waals surface area contributed by atoms with Crippen molar-refractivity contribution in [2.75, 3.05) is 18.4 Å². The molecule has 9 heteroatoms. The van der Waals surface area contributed by atoms with Crippen LogP contribution in [0.15, 0.2) is 48.5 Å². The highest BCUT2D eigenvalue weighted by Crippen LogP contribution is 2.30. The Kier molecular flexibility index (Phi) is 7.11. The quantitative estimate of drug-likeness (QED) is 0.626. The van der Waals surface area contributed by atoms with Crippen LogP contribution in [-0.2, 0) is 15.8 Å². The van der Waals surface area contributed by atoms with Gasteiger partial charge in [0.1, 0.15) is 11.9 Å². The molecule has 0 radical (unpaired) electrons. The highest BCUT2D eigenvalue weighted by Gasteiger charge is 2.31. The molecule has 28 heavy (non-hydrogen) atoms. The molecular formula is C19H20F4N3O2+. The van der Waals surface area contributed by atoms with Crippen molar-refractivity contribution in [1.82, 2.24) is 5.32 Å². The third kappa shape index (κ3) is 6.66. The number of nitrogens with one attached hydrogen (secondary N) is 2. The summed E-state index contributed by atoms with van der Waals surface area (Å²) in [6.45, 7) is 1.35. The van der Waals surface area contributed by atoms with Gasteiger partial charge in [-0.05, 0) is 43.3 Å². The van der Waals surface area contributed by atoms with Crippen molar-refractivity contribution in [2.45, 2.75) is 19.1 Å². The second-order valence-electron chi connectivity index (χ2n) is 6.18. The van der Waals surface area contributed by atoms with Gasteiger partial charge in [-0.15, -0.1) is 0 Å². The number of amides is 2. The van der Waals surface area contributed by atoms with Crippen molar-refractivity contribution >= 4 is 17.5 Å². The molecule has 0 aliphatic carbocycles. The highest BCUT2D eigenvalue weighted by molar-refractivity contribution is 5.94. The molecule has 2 rings (SSSR count). The van der Waals surface area contributed by atoms with E-state index in [1.807, 2.05) is 0 Å². The summed E-state index contributed by atoms with van der Waals surface area (Å²) in [5.74, 6) is -1.35. The minimum absolute atomic E-state index is 0.0543. The molecule has 1 atom stereocenters. The number of carbonyl (C=O) groups excluding carboxylic acids is 2. The predicted octanol–water partition coefficient (Wildman–Crippen LogP) is 2.22. The summed E-state index contributed by atoms with van der Waals surface area (Å²) in [5.41, 5.74) is 0.0919. The number of benzene rings is 2. The Labute approximate surface area is 159 Å². The molecule has 0 saturated carbocycles. The number of halogens is 4. The van der Waals surface area contributed by atoms with Crippen LogP contribution < -0.4 is 16.0 Å². The van der Waals surface area contributed by atoms with Crippen LogP contribution in [0, 0.1) is 5.82 Å². The Hall–Kier alpha value is -2.94. The number of hydrogen-bond donors (Lipinski definition) is 3. The molecule has 2 amide bonds. The summed E-state index contributed by atoms with van der Waals surface area (Å²) >= 11 is 0. The second-order valence-corrected chi connectivity index (χ2v) is 6.18. The van der Waals surface area contributed by atoms with Crippen LogP contribution in [0.25, 0.3) is 0 Å². The fraction of sp³-hybridized carbons (Fsp3) is 0.263. The molecule has 150 valence electrons. The summed E-state index contributed by atoms with van der Waals surface area (Å²) in [5, 5.41) is 6.49. The highest BCUT2D eigenvalue weighted by atomic mass is 19.4. The molecule has 0 aliphatic heterocycles. The summed E-state index contributed by atoms with van der Waals surface area (Å²) in [6.07, 6.45) is -4.43. The zero-order chi connectivity index (χ0) is 20.7. The van der Waals surface area contributed by atoms with E-state index in [0.717, 1.165) is 12.1 Å². The molecule has 5 nitrogen and oxygen atoms in total. The average molecular weight is 398 g/mol. The number of nitrogens with two attached hydrogens (primary N) is 1. The minimum atomic E-state index is -4.43. The first-order chi connectivity index (χ1) is 13.1. The number of hydrogen-bond acceptors (Lipinski definition) is 2. The van der Waals surface area contributed by atoms with Crippen molar-refractivity contribution in [2.24, 2.45) is 0 Å². The first-order valence-corrected chi connectivity index (χ1v) is 8.48. The zero-order valence-electron chi connectivity index (χ0n) is 15.0. The second kappa shape index (κ2) is 9.32. The Morgan fingerprint density at radius 3 is 2.39 bits per heavy atom. The summed E-state index contributed by atoms with van der Waals surface area (Å²) in [6, 6.07) is 9.71. The van der Waals surface area contributed by atoms with Gasteiger partial charge in [0.05, 0.1) is 12.1 Å². The van der Waals surface area contributed by atoms with E-state index in [9.17, 15) is 27.2 Å². The Morgan fingerprint density at radius 1 is 1.07 bits per heavy atom. The largest absolute Gasteiger partial charge is 0.416 e. The predicted molar refractivity (Wildman–Crippen MR) is 94.7 cm³/mol. The maximum atomic E-state index is 12.8. The molecule has 0 aromatic heterocycles. The number of quaternary nitrogens is 1. The number of rotatable bonds is 7. The van der Waals surface area contributed by atoms with Gasteiger partial charge in [0.2, 0.25) is 5.91 Å². The molecule has 0 heterocycles. The number of anilines is 1. The van der Waals surface area contributed by atoms with Crippen molar-refractivity contribution in [3.63, 3.8) is 0 Å². The lowest BCUT2D eigenvalue weighted by Gasteiger charge is -2.13. The Morgan fingerprint density at radius 2 is 1.75 bits per heavy atom. The zero-order valence-corrected chi connectivity index (χ0v) is 15.0. The molecule has 0 bridgehead atoms. The summed E-state index contributed by atoms with van der Waals surface area (Å²) < 4.78 is 51.1. The maximum Gasteiger partial charge on any atom is 0.416 e. The van der Waals surface area contributed by atoms with Crippen LogP contribution in [0.4, 0.5) is 23.2 Å². The number of carbonyl (C=O) groups is 2. The standard InChI is InChI=1S/C19H19F4N3O2/c1-12(13-3-2-4-14(9-13)19(21,22)23)24-10-17(27)25-11-18(28)26-16-7-5-15(20)6-8-16/h2-9,12,24H,10-11H2,1H3,(H,25,27)(H,26,28)/p+1/t12-/m0/s1. The monoisotopic (exact) mass is 398 g/mol. The fourth-order valence-corrected chi connectivity index (χ4v) is 2.41. The third-order valence-electron chi connectivity index (χ3n) is 3.97. The van der Waals surface area contributed by atoms with Gasteiger partial charge in [-0.2, -0.15) is 13.2 Å². The van der Waals surface area contributed by atoms with Crippen LogP contribution in [0.1, 0.15) is 24.1 Å². The Balaban J connectivity index is 1.77.